The highest BCUT2D eigenvalue weighted by Gasteiger charge is 2.26. The van der Waals surface area contributed by atoms with E-state index in [2.05, 4.69) is 12.2 Å². The molecule has 0 spiro atoms. The van der Waals surface area contributed by atoms with E-state index in [0.717, 1.165) is 5.92 Å². The van der Waals surface area contributed by atoms with Crippen molar-refractivity contribution in [3.05, 3.63) is 0 Å². The Morgan fingerprint density at radius 2 is 2.07 bits per heavy atom. The van der Waals surface area contributed by atoms with Crippen LogP contribution in [0, 0.1) is 5.92 Å². The van der Waals surface area contributed by atoms with Crippen LogP contribution in [-0.4, -0.2) is 18.1 Å². The van der Waals surface area contributed by atoms with Crippen LogP contribution in [0.4, 0.5) is 0 Å². The molecule has 0 saturated heterocycles. The molecular weight excluding hydrogens is 172 g/mol. The fourth-order valence-corrected chi connectivity index (χ4v) is 2.70. The van der Waals surface area contributed by atoms with Crippen molar-refractivity contribution in [2.45, 2.75) is 70.0 Å². The lowest BCUT2D eigenvalue weighted by Gasteiger charge is -2.30. The van der Waals surface area contributed by atoms with Gasteiger partial charge in [-0.1, -0.05) is 19.3 Å². The molecule has 2 aliphatic carbocycles. The van der Waals surface area contributed by atoms with E-state index < -0.39 is 0 Å². The molecule has 2 fully saturated rings. The van der Waals surface area contributed by atoms with Gasteiger partial charge in [0.2, 0.25) is 0 Å². The first-order valence-electron chi connectivity index (χ1n) is 6.25. The minimum Gasteiger partial charge on any atom is -0.328 e. The third-order valence-corrected chi connectivity index (χ3v) is 3.62. The van der Waals surface area contributed by atoms with Gasteiger partial charge in [0.25, 0.3) is 0 Å². The molecule has 2 aliphatic rings. The zero-order valence-corrected chi connectivity index (χ0v) is 9.34. The zero-order valence-electron chi connectivity index (χ0n) is 9.34. The summed E-state index contributed by atoms with van der Waals surface area (Å²) in [5, 5.41) is 3.74. The topological polar surface area (TPSA) is 38.0 Å². The molecule has 0 aromatic heterocycles. The van der Waals surface area contributed by atoms with Crippen molar-refractivity contribution in [3.63, 3.8) is 0 Å². The highest BCUT2D eigenvalue weighted by molar-refractivity contribution is 4.84. The Hall–Kier alpha value is -0.0800. The molecule has 82 valence electrons. The van der Waals surface area contributed by atoms with Crippen LogP contribution in [0.1, 0.15) is 51.9 Å². The minimum atomic E-state index is 0.453. The Bertz CT molecular complexity index is 177. The Kier molecular flexibility index (Phi) is 3.45. The van der Waals surface area contributed by atoms with Gasteiger partial charge in [-0.25, -0.2) is 0 Å². The quantitative estimate of drug-likeness (QED) is 0.722. The number of nitrogens with two attached hydrogens (primary N) is 1. The van der Waals surface area contributed by atoms with E-state index in [4.69, 9.17) is 5.73 Å². The maximum absolute atomic E-state index is 5.97. The second-order valence-corrected chi connectivity index (χ2v) is 5.37. The minimum absolute atomic E-state index is 0.453. The first-order chi connectivity index (χ1) is 6.74. The van der Waals surface area contributed by atoms with Crippen LogP contribution in [0.5, 0.6) is 0 Å². The summed E-state index contributed by atoms with van der Waals surface area (Å²) in [7, 11) is 0. The summed E-state index contributed by atoms with van der Waals surface area (Å²) in [6, 6.07) is 1.86. The zero-order chi connectivity index (χ0) is 9.97. The van der Waals surface area contributed by atoms with Gasteiger partial charge in [0.05, 0.1) is 0 Å². The summed E-state index contributed by atoms with van der Waals surface area (Å²) >= 11 is 0. The Morgan fingerprint density at radius 3 is 2.71 bits per heavy atom. The summed E-state index contributed by atoms with van der Waals surface area (Å²) < 4.78 is 0. The summed E-state index contributed by atoms with van der Waals surface area (Å²) in [4.78, 5) is 0. The summed E-state index contributed by atoms with van der Waals surface area (Å²) in [6.07, 6.45) is 9.39. The van der Waals surface area contributed by atoms with E-state index in [1.165, 1.54) is 44.9 Å². The van der Waals surface area contributed by atoms with E-state index >= 15 is 0 Å². The molecule has 0 amide bonds. The summed E-state index contributed by atoms with van der Waals surface area (Å²) in [5.41, 5.74) is 5.97. The largest absolute Gasteiger partial charge is 0.328 e. The molecule has 2 nitrogen and oxygen atoms in total. The van der Waals surface area contributed by atoms with Crippen LogP contribution < -0.4 is 11.1 Å². The fourth-order valence-electron chi connectivity index (χ4n) is 2.70. The van der Waals surface area contributed by atoms with Crippen LogP contribution in [-0.2, 0) is 0 Å². The lowest BCUT2D eigenvalue weighted by Crippen LogP contribution is -2.43. The predicted molar refractivity (Wildman–Crippen MR) is 60.2 cm³/mol. The second kappa shape index (κ2) is 4.63. The first-order valence-corrected chi connectivity index (χ1v) is 6.25. The van der Waals surface area contributed by atoms with Crippen molar-refractivity contribution in [1.29, 1.82) is 0 Å². The van der Waals surface area contributed by atoms with Crippen molar-refractivity contribution in [2.75, 3.05) is 0 Å². The van der Waals surface area contributed by atoms with Crippen molar-refractivity contribution >= 4 is 0 Å². The molecule has 2 saturated carbocycles. The molecule has 2 rings (SSSR count). The highest BCUT2D eigenvalue weighted by Crippen LogP contribution is 2.33. The van der Waals surface area contributed by atoms with E-state index in [0.29, 0.717) is 18.1 Å². The van der Waals surface area contributed by atoms with Crippen LogP contribution in [0.2, 0.25) is 0 Å². The average Bonchev–Trinajstić information content (AvgIpc) is 2.87. The fraction of sp³-hybridized carbons (Fsp3) is 1.00. The number of rotatable bonds is 4. The van der Waals surface area contributed by atoms with Crippen LogP contribution in [0.3, 0.4) is 0 Å². The second-order valence-electron chi connectivity index (χ2n) is 5.37. The van der Waals surface area contributed by atoms with Gasteiger partial charge >= 0.3 is 0 Å². The Labute approximate surface area is 87.6 Å². The van der Waals surface area contributed by atoms with E-state index in [9.17, 15) is 0 Å². The molecule has 0 aromatic carbocycles. The predicted octanol–water partition coefficient (Wildman–Crippen LogP) is 2.03. The van der Waals surface area contributed by atoms with Gasteiger partial charge < -0.3 is 11.1 Å². The van der Waals surface area contributed by atoms with Crippen molar-refractivity contribution in [3.8, 4) is 0 Å². The van der Waals surface area contributed by atoms with E-state index in [1.807, 2.05) is 0 Å². The molecular formula is C12H24N2. The Balaban J connectivity index is 1.66. The monoisotopic (exact) mass is 196 g/mol. The maximum Gasteiger partial charge on any atom is 0.00842 e. The molecule has 0 radical (unpaired) electrons. The normalized spacial score (nSPS) is 35.6. The summed E-state index contributed by atoms with van der Waals surface area (Å²) in [5.74, 6) is 1.04. The lowest BCUT2D eigenvalue weighted by atomic mass is 9.91. The van der Waals surface area contributed by atoms with Gasteiger partial charge in [-0.15, -0.1) is 0 Å². The van der Waals surface area contributed by atoms with Crippen LogP contribution >= 0.6 is 0 Å². The molecule has 0 heterocycles. The van der Waals surface area contributed by atoms with Crippen molar-refractivity contribution < 1.29 is 0 Å². The maximum atomic E-state index is 5.97. The van der Waals surface area contributed by atoms with Crippen LogP contribution in [0.25, 0.3) is 0 Å². The third kappa shape index (κ3) is 3.25. The average molecular weight is 196 g/mol. The van der Waals surface area contributed by atoms with Crippen molar-refractivity contribution in [2.24, 2.45) is 11.7 Å². The van der Waals surface area contributed by atoms with Gasteiger partial charge in [0.1, 0.15) is 0 Å². The standard InChI is InChI=1S/C12H24N2/c1-9(7-10-5-6-10)14-12-4-2-3-11(13)8-12/h9-12,14H,2-8,13H2,1H3. The number of hydrogen-bond acceptors (Lipinski definition) is 2. The molecule has 3 atom stereocenters. The van der Waals surface area contributed by atoms with Gasteiger partial charge in [0, 0.05) is 18.1 Å². The molecule has 0 bridgehead atoms. The molecule has 0 aromatic rings. The molecule has 2 heteroatoms. The van der Waals surface area contributed by atoms with Gasteiger partial charge in [0.15, 0.2) is 0 Å². The van der Waals surface area contributed by atoms with E-state index in [1.54, 1.807) is 0 Å². The van der Waals surface area contributed by atoms with Crippen molar-refractivity contribution in [1.82, 2.24) is 5.32 Å². The summed E-state index contributed by atoms with van der Waals surface area (Å²) in [6.45, 7) is 2.33. The number of nitrogens with one attached hydrogen (secondary N) is 1. The molecule has 0 aliphatic heterocycles. The van der Waals surface area contributed by atoms with E-state index in [-0.39, 0.29) is 0 Å². The third-order valence-electron chi connectivity index (χ3n) is 3.62. The molecule has 14 heavy (non-hydrogen) atoms. The smallest absolute Gasteiger partial charge is 0.00842 e. The lowest BCUT2D eigenvalue weighted by molar-refractivity contribution is 0.307. The highest BCUT2D eigenvalue weighted by atomic mass is 15.0. The molecule has 3 unspecified atom stereocenters. The number of hydrogen-bond donors (Lipinski definition) is 2. The van der Waals surface area contributed by atoms with Crippen LogP contribution in [0.15, 0.2) is 0 Å². The van der Waals surface area contributed by atoms with Gasteiger partial charge in [-0.2, -0.15) is 0 Å². The van der Waals surface area contributed by atoms with Gasteiger partial charge in [-0.05, 0) is 38.5 Å². The first kappa shape index (κ1) is 10.4. The van der Waals surface area contributed by atoms with Gasteiger partial charge in [-0.3, -0.25) is 0 Å². The molecule has 3 N–H and O–H groups in total. The Morgan fingerprint density at radius 1 is 1.29 bits per heavy atom. The SMILES string of the molecule is CC(CC1CC1)NC1CCCC(N)C1.